The first-order chi connectivity index (χ1) is 11.2. The van der Waals surface area contributed by atoms with E-state index in [-0.39, 0.29) is 18.2 Å². The van der Waals surface area contributed by atoms with E-state index in [0.717, 1.165) is 11.3 Å². The number of carbonyl (C=O) groups is 2. The van der Waals surface area contributed by atoms with Gasteiger partial charge in [-0.1, -0.05) is 30.3 Å². The zero-order valence-corrected chi connectivity index (χ0v) is 12.7. The molecule has 1 saturated heterocycles. The Balaban J connectivity index is 1.76. The number of amides is 2. The van der Waals surface area contributed by atoms with Crippen LogP contribution in [0.15, 0.2) is 59.6 Å². The molecule has 0 atom stereocenters. The van der Waals surface area contributed by atoms with Gasteiger partial charge in [-0.3, -0.25) is 14.6 Å². The SMILES string of the molecule is COc1ccc(CN=C2CC(=O)N(c3ccccc3)C2=O)cc1. The predicted octanol–water partition coefficient (Wildman–Crippen LogP) is 2.60. The molecule has 0 unspecified atom stereocenters. The van der Waals surface area contributed by atoms with Gasteiger partial charge in [0.15, 0.2) is 0 Å². The maximum Gasteiger partial charge on any atom is 0.279 e. The molecule has 0 bridgehead atoms. The summed E-state index contributed by atoms with van der Waals surface area (Å²) in [7, 11) is 1.61. The number of hydrogen-bond acceptors (Lipinski definition) is 4. The van der Waals surface area contributed by atoms with Gasteiger partial charge in [-0.2, -0.15) is 0 Å². The van der Waals surface area contributed by atoms with E-state index in [1.807, 2.05) is 30.3 Å². The molecule has 5 heteroatoms. The lowest BCUT2D eigenvalue weighted by Gasteiger charge is -2.12. The normalized spacial score (nSPS) is 16.2. The minimum absolute atomic E-state index is 0.0455. The van der Waals surface area contributed by atoms with Gasteiger partial charge >= 0.3 is 0 Å². The Labute approximate surface area is 134 Å². The highest BCUT2D eigenvalue weighted by Gasteiger charge is 2.36. The van der Waals surface area contributed by atoms with Crippen molar-refractivity contribution in [3.8, 4) is 5.75 Å². The summed E-state index contributed by atoms with van der Waals surface area (Å²) >= 11 is 0. The van der Waals surface area contributed by atoms with Crippen LogP contribution in [-0.4, -0.2) is 24.6 Å². The van der Waals surface area contributed by atoms with Crippen LogP contribution in [0.1, 0.15) is 12.0 Å². The second kappa shape index (κ2) is 6.44. The molecule has 1 heterocycles. The van der Waals surface area contributed by atoms with E-state index in [9.17, 15) is 9.59 Å². The van der Waals surface area contributed by atoms with Gasteiger partial charge in [0.05, 0.1) is 25.8 Å². The Bertz CT molecular complexity index is 752. The molecule has 2 aromatic carbocycles. The molecule has 1 aliphatic heterocycles. The predicted molar refractivity (Wildman–Crippen MR) is 87.7 cm³/mol. The number of anilines is 1. The van der Waals surface area contributed by atoms with Crippen molar-refractivity contribution in [1.82, 2.24) is 0 Å². The Morgan fingerprint density at radius 3 is 2.39 bits per heavy atom. The smallest absolute Gasteiger partial charge is 0.279 e. The highest BCUT2D eigenvalue weighted by Crippen LogP contribution is 2.21. The summed E-state index contributed by atoms with van der Waals surface area (Å²) in [5.41, 5.74) is 1.84. The van der Waals surface area contributed by atoms with Crippen molar-refractivity contribution in [2.45, 2.75) is 13.0 Å². The zero-order chi connectivity index (χ0) is 16.2. The average molecular weight is 308 g/mol. The molecular formula is C18H16N2O3. The van der Waals surface area contributed by atoms with Crippen LogP contribution in [0, 0.1) is 0 Å². The Morgan fingerprint density at radius 1 is 1.04 bits per heavy atom. The molecule has 2 aromatic rings. The van der Waals surface area contributed by atoms with Crippen LogP contribution in [0.5, 0.6) is 5.75 Å². The Morgan fingerprint density at radius 2 is 1.74 bits per heavy atom. The number of methoxy groups -OCH3 is 1. The number of imide groups is 1. The highest BCUT2D eigenvalue weighted by atomic mass is 16.5. The molecule has 0 N–H and O–H groups in total. The summed E-state index contributed by atoms with van der Waals surface area (Å²) in [5.74, 6) is 0.188. The van der Waals surface area contributed by atoms with Gasteiger partial charge in [0.2, 0.25) is 5.91 Å². The fourth-order valence-electron chi connectivity index (χ4n) is 2.42. The van der Waals surface area contributed by atoms with Crippen LogP contribution >= 0.6 is 0 Å². The fourth-order valence-corrected chi connectivity index (χ4v) is 2.42. The quantitative estimate of drug-likeness (QED) is 0.816. The lowest BCUT2D eigenvalue weighted by molar-refractivity contribution is -0.120. The molecular weight excluding hydrogens is 292 g/mol. The molecule has 1 aliphatic rings. The molecule has 116 valence electrons. The molecule has 1 fully saturated rings. The summed E-state index contributed by atoms with van der Waals surface area (Å²) in [6.45, 7) is 0.362. The van der Waals surface area contributed by atoms with Crippen molar-refractivity contribution in [3.05, 3.63) is 60.2 Å². The largest absolute Gasteiger partial charge is 0.497 e. The summed E-state index contributed by atoms with van der Waals surface area (Å²) in [4.78, 5) is 30.0. The first kappa shape index (κ1) is 15.0. The van der Waals surface area contributed by atoms with Crippen LogP contribution in [0.3, 0.4) is 0 Å². The van der Waals surface area contributed by atoms with E-state index in [4.69, 9.17) is 4.74 Å². The van der Waals surface area contributed by atoms with Crippen LogP contribution in [-0.2, 0) is 16.1 Å². The van der Waals surface area contributed by atoms with E-state index in [1.54, 1.807) is 31.4 Å². The third-order valence-corrected chi connectivity index (χ3v) is 3.64. The number of hydrogen-bond donors (Lipinski definition) is 0. The lowest BCUT2D eigenvalue weighted by Crippen LogP contribution is -2.30. The van der Waals surface area contributed by atoms with Gasteiger partial charge in [-0.05, 0) is 29.8 Å². The molecule has 23 heavy (non-hydrogen) atoms. The summed E-state index contributed by atoms with van der Waals surface area (Å²) in [5, 5.41) is 0. The number of para-hydroxylation sites is 1. The molecule has 0 radical (unpaired) electrons. The third kappa shape index (κ3) is 3.13. The lowest BCUT2D eigenvalue weighted by atomic mass is 10.2. The number of aliphatic imine (C=N–C) groups is 1. The number of nitrogens with zero attached hydrogens (tertiary/aromatic N) is 2. The third-order valence-electron chi connectivity index (χ3n) is 3.64. The van der Waals surface area contributed by atoms with E-state index < -0.39 is 0 Å². The zero-order valence-electron chi connectivity index (χ0n) is 12.7. The molecule has 0 saturated carbocycles. The first-order valence-electron chi connectivity index (χ1n) is 7.27. The average Bonchev–Trinajstić information content (AvgIpc) is 2.88. The van der Waals surface area contributed by atoms with Crippen molar-refractivity contribution in [1.29, 1.82) is 0 Å². The second-order valence-corrected chi connectivity index (χ2v) is 5.16. The molecule has 3 rings (SSSR count). The summed E-state index contributed by atoms with van der Waals surface area (Å²) < 4.78 is 5.10. The monoisotopic (exact) mass is 308 g/mol. The Hall–Kier alpha value is -2.95. The molecule has 2 amide bonds. The van der Waals surface area contributed by atoms with Crippen LogP contribution in [0.25, 0.3) is 0 Å². The molecule has 0 spiro atoms. The van der Waals surface area contributed by atoms with Gasteiger partial charge in [-0.25, -0.2) is 4.90 Å². The Kier molecular flexibility index (Phi) is 4.19. The number of carbonyl (C=O) groups excluding carboxylic acids is 2. The van der Waals surface area contributed by atoms with Gasteiger partial charge in [-0.15, -0.1) is 0 Å². The van der Waals surface area contributed by atoms with Crippen molar-refractivity contribution >= 4 is 23.2 Å². The standard InChI is InChI=1S/C18H16N2O3/c1-23-15-9-7-13(8-10-15)12-19-16-11-17(21)20(18(16)22)14-5-3-2-4-6-14/h2-10H,11-12H2,1H3. The van der Waals surface area contributed by atoms with Crippen LogP contribution in [0.2, 0.25) is 0 Å². The maximum atomic E-state index is 12.4. The minimum atomic E-state index is -0.338. The maximum absolute atomic E-state index is 12.4. The number of rotatable bonds is 4. The van der Waals surface area contributed by atoms with Crippen molar-refractivity contribution in [3.63, 3.8) is 0 Å². The first-order valence-corrected chi connectivity index (χ1v) is 7.27. The van der Waals surface area contributed by atoms with E-state index in [2.05, 4.69) is 4.99 Å². The van der Waals surface area contributed by atoms with Crippen molar-refractivity contribution in [2.75, 3.05) is 12.0 Å². The van der Waals surface area contributed by atoms with Crippen LogP contribution < -0.4 is 9.64 Å². The van der Waals surface area contributed by atoms with Crippen LogP contribution in [0.4, 0.5) is 5.69 Å². The van der Waals surface area contributed by atoms with Gasteiger partial charge < -0.3 is 4.74 Å². The number of ether oxygens (including phenoxy) is 1. The fraction of sp³-hybridized carbons (Fsp3) is 0.167. The van der Waals surface area contributed by atoms with Gasteiger partial charge in [0, 0.05) is 0 Å². The van der Waals surface area contributed by atoms with E-state index >= 15 is 0 Å². The minimum Gasteiger partial charge on any atom is -0.497 e. The molecule has 0 aliphatic carbocycles. The second-order valence-electron chi connectivity index (χ2n) is 5.16. The highest BCUT2D eigenvalue weighted by molar-refractivity contribution is 6.56. The summed E-state index contributed by atoms with van der Waals surface area (Å²) in [6, 6.07) is 16.4. The van der Waals surface area contributed by atoms with Gasteiger partial charge in [0.1, 0.15) is 11.5 Å². The topological polar surface area (TPSA) is 59.0 Å². The summed E-state index contributed by atoms with van der Waals surface area (Å²) in [6.07, 6.45) is 0.0455. The molecule has 0 aromatic heterocycles. The van der Waals surface area contributed by atoms with E-state index in [0.29, 0.717) is 17.9 Å². The van der Waals surface area contributed by atoms with E-state index in [1.165, 1.54) is 4.90 Å². The molecule has 5 nitrogen and oxygen atoms in total. The van der Waals surface area contributed by atoms with Gasteiger partial charge in [0.25, 0.3) is 5.91 Å². The van der Waals surface area contributed by atoms with Crippen molar-refractivity contribution < 1.29 is 14.3 Å². The van der Waals surface area contributed by atoms with Crippen molar-refractivity contribution in [2.24, 2.45) is 4.99 Å². The number of benzene rings is 2.